The van der Waals surface area contributed by atoms with Gasteiger partial charge in [-0.25, -0.2) is 9.29 Å². The van der Waals surface area contributed by atoms with Crippen LogP contribution in [0, 0.1) is 5.82 Å². The van der Waals surface area contributed by atoms with E-state index in [-0.39, 0.29) is 22.0 Å². The molecule has 0 fully saturated rings. The van der Waals surface area contributed by atoms with Crippen LogP contribution in [-0.4, -0.2) is 17.7 Å². The van der Waals surface area contributed by atoms with E-state index in [0.29, 0.717) is 11.4 Å². The third-order valence-electron chi connectivity index (χ3n) is 4.63. The summed E-state index contributed by atoms with van der Waals surface area (Å²) in [6, 6.07) is 18.6. The Bertz CT molecular complexity index is 1280. The minimum Gasteiger partial charge on any atom is -0.350 e. The van der Waals surface area contributed by atoms with Crippen molar-refractivity contribution in [1.29, 1.82) is 0 Å². The molecule has 0 spiro atoms. The molecule has 3 amide bonds. The van der Waals surface area contributed by atoms with Crippen LogP contribution in [0.5, 0.6) is 0 Å². The van der Waals surface area contributed by atoms with Crippen LogP contribution < -0.4 is 15.5 Å². The van der Waals surface area contributed by atoms with Crippen molar-refractivity contribution in [3.63, 3.8) is 0 Å². The highest BCUT2D eigenvalue weighted by Gasteiger charge is 2.38. The van der Waals surface area contributed by atoms with Gasteiger partial charge in [0.25, 0.3) is 17.7 Å². The van der Waals surface area contributed by atoms with Gasteiger partial charge in [-0.15, -0.1) is 0 Å². The summed E-state index contributed by atoms with van der Waals surface area (Å²) >= 11 is 9.46. The van der Waals surface area contributed by atoms with E-state index < -0.39 is 23.5 Å². The highest BCUT2D eigenvalue weighted by atomic mass is 79.9. The molecule has 0 aliphatic carbocycles. The Morgan fingerprint density at radius 3 is 2.38 bits per heavy atom. The molecule has 3 aromatic carbocycles. The van der Waals surface area contributed by atoms with Gasteiger partial charge in [0, 0.05) is 15.7 Å². The zero-order valence-corrected chi connectivity index (χ0v) is 18.6. The fraction of sp³-hybridized carbons (Fsp3) is 0. The van der Waals surface area contributed by atoms with Gasteiger partial charge in [0.1, 0.15) is 16.5 Å². The van der Waals surface area contributed by atoms with Crippen LogP contribution in [0.2, 0.25) is 0 Å². The molecule has 2 N–H and O–H groups in total. The molecule has 1 aliphatic heterocycles. The number of carbonyl (C=O) groups excluding carboxylic acids is 3. The first-order valence-electron chi connectivity index (χ1n) is 9.32. The number of hydrogen-bond donors (Lipinski definition) is 2. The van der Waals surface area contributed by atoms with Crippen LogP contribution in [0.15, 0.2) is 88.0 Å². The molecule has 0 radical (unpaired) electrons. The van der Waals surface area contributed by atoms with Gasteiger partial charge in [-0.05, 0) is 54.6 Å². The molecule has 0 saturated heterocycles. The Balaban J connectivity index is 1.55. The Hall–Kier alpha value is -3.49. The summed E-state index contributed by atoms with van der Waals surface area (Å²) in [5.41, 5.74) is 0.889. The Kier molecular flexibility index (Phi) is 6.07. The normalized spacial score (nSPS) is 13.5. The Labute approximate surface area is 195 Å². The van der Waals surface area contributed by atoms with Gasteiger partial charge in [-0.1, -0.05) is 45.7 Å². The molecule has 0 aromatic heterocycles. The molecule has 9 heteroatoms. The third-order valence-corrected chi connectivity index (χ3v) is 5.51. The van der Waals surface area contributed by atoms with E-state index in [2.05, 4.69) is 26.6 Å². The van der Waals surface area contributed by atoms with E-state index in [1.807, 2.05) is 0 Å². The Morgan fingerprint density at radius 2 is 1.66 bits per heavy atom. The van der Waals surface area contributed by atoms with E-state index in [9.17, 15) is 18.8 Å². The Morgan fingerprint density at radius 1 is 0.938 bits per heavy atom. The van der Waals surface area contributed by atoms with Gasteiger partial charge in [-0.3, -0.25) is 14.4 Å². The van der Waals surface area contributed by atoms with Gasteiger partial charge in [0.15, 0.2) is 0 Å². The average molecular weight is 515 g/mol. The van der Waals surface area contributed by atoms with Crippen LogP contribution in [0.3, 0.4) is 0 Å². The SMILES string of the molecule is O=C(Nc1ccccc1F)c1cccc(NC2=C(Cl)C(=O)N(c3ccc(Br)cc3)C2=O)c1. The van der Waals surface area contributed by atoms with Crippen molar-refractivity contribution in [1.82, 2.24) is 0 Å². The van der Waals surface area contributed by atoms with Gasteiger partial charge < -0.3 is 10.6 Å². The fourth-order valence-corrected chi connectivity index (χ4v) is 3.55. The molecule has 160 valence electrons. The summed E-state index contributed by atoms with van der Waals surface area (Å²) in [5.74, 6) is -2.38. The van der Waals surface area contributed by atoms with Crippen molar-refractivity contribution in [3.8, 4) is 0 Å². The van der Waals surface area contributed by atoms with Gasteiger partial charge in [-0.2, -0.15) is 0 Å². The molecule has 0 atom stereocenters. The van der Waals surface area contributed by atoms with Gasteiger partial charge >= 0.3 is 0 Å². The smallest absolute Gasteiger partial charge is 0.283 e. The predicted octanol–water partition coefficient (Wildman–Crippen LogP) is 5.28. The molecular formula is C23H14BrClFN3O3. The third kappa shape index (κ3) is 4.28. The number of para-hydroxylation sites is 1. The van der Waals surface area contributed by atoms with Crippen LogP contribution in [0.1, 0.15) is 10.4 Å². The molecule has 0 saturated carbocycles. The second-order valence-corrected chi connectivity index (χ2v) is 8.04. The molecular weight excluding hydrogens is 501 g/mol. The number of imide groups is 1. The second-order valence-electron chi connectivity index (χ2n) is 6.75. The van der Waals surface area contributed by atoms with Crippen molar-refractivity contribution in [2.75, 3.05) is 15.5 Å². The monoisotopic (exact) mass is 513 g/mol. The summed E-state index contributed by atoms with van der Waals surface area (Å²) in [7, 11) is 0. The lowest BCUT2D eigenvalue weighted by atomic mass is 10.1. The number of carbonyl (C=O) groups is 3. The predicted molar refractivity (Wildman–Crippen MR) is 124 cm³/mol. The molecule has 0 unspecified atom stereocenters. The first-order valence-corrected chi connectivity index (χ1v) is 10.5. The number of anilines is 3. The van der Waals surface area contributed by atoms with E-state index >= 15 is 0 Å². The van der Waals surface area contributed by atoms with Crippen LogP contribution >= 0.6 is 27.5 Å². The first-order chi connectivity index (χ1) is 15.3. The number of rotatable bonds is 5. The van der Waals surface area contributed by atoms with E-state index in [1.165, 1.54) is 30.3 Å². The average Bonchev–Trinajstić information content (AvgIpc) is 2.99. The number of hydrogen-bond acceptors (Lipinski definition) is 4. The fourth-order valence-electron chi connectivity index (χ4n) is 3.08. The lowest BCUT2D eigenvalue weighted by molar-refractivity contribution is -0.120. The molecule has 4 rings (SSSR count). The summed E-state index contributed by atoms with van der Waals surface area (Å²) in [5, 5.41) is 5.05. The minimum absolute atomic E-state index is 0.0447. The quantitative estimate of drug-likeness (QED) is 0.454. The minimum atomic E-state index is -0.657. The van der Waals surface area contributed by atoms with E-state index in [1.54, 1.807) is 42.5 Å². The number of nitrogens with one attached hydrogen (secondary N) is 2. The first kappa shape index (κ1) is 21.7. The van der Waals surface area contributed by atoms with E-state index in [0.717, 1.165) is 9.37 Å². The van der Waals surface area contributed by atoms with Gasteiger partial charge in [0.05, 0.1) is 11.4 Å². The summed E-state index contributed by atoms with van der Waals surface area (Å²) in [6.45, 7) is 0. The standard InChI is InChI=1S/C23H14BrClFN3O3/c24-14-8-10-16(11-9-14)29-22(31)19(25)20(23(29)32)27-15-5-3-4-13(12-15)21(30)28-18-7-2-1-6-17(18)26/h1-12,27H,(H,28,30). The van der Waals surface area contributed by atoms with Crippen LogP contribution in [0.25, 0.3) is 0 Å². The van der Waals surface area contributed by atoms with Gasteiger partial charge in [0.2, 0.25) is 0 Å². The zero-order chi connectivity index (χ0) is 22.8. The highest BCUT2D eigenvalue weighted by Crippen LogP contribution is 2.31. The maximum absolute atomic E-state index is 13.8. The topological polar surface area (TPSA) is 78.5 Å². The summed E-state index contributed by atoms with van der Waals surface area (Å²) < 4.78 is 14.6. The highest BCUT2D eigenvalue weighted by molar-refractivity contribution is 9.10. The number of halogens is 3. The second kappa shape index (κ2) is 8.94. The van der Waals surface area contributed by atoms with Crippen molar-refractivity contribution < 1.29 is 18.8 Å². The van der Waals surface area contributed by atoms with E-state index in [4.69, 9.17) is 11.6 Å². The summed E-state index contributed by atoms with van der Waals surface area (Å²) in [4.78, 5) is 38.9. The maximum atomic E-state index is 13.8. The molecule has 1 heterocycles. The summed E-state index contributed by atoms with van der Waals surface area (Å²) in [6.07, 6.45) is 0. The van der Waals surface area contributed by atoms with Crippen LogP contribution in [0.4, 0.5) is 21.5 Å². The molecule has 32 heavy (non-hydrogen) atoms. The largest absolute Gasteiger partial charge is 0.350 e. The van der Waals surface area contributed by atoms with Crippen molar-refractivity contribution in [2.24, 2.45) is 0 Å². The zero-order valence-electron chi connectivity index (χ0n) is 16.2. The van der Waals surface area contributed by atoms with Crippen molar-refractivity contribution in [2.45, 2.75) is 0 Å². The number of amides is 3. The van der Waals surface area contributed by atoms with Crippen molar-refractivity contribution >= 4 is 62.3 Å². The molecule has 6 nitrogen and oxygen atoms in total. The maximum Gasteiger partial charge on any atom is 0.283 e. The van der Waals surface area contributed by atoms with Crippen LogP contribution in [-0.2, 0) is 9.59 Å². The lowest BCUT2D eigenvalue weighted by Gasteiger charge is -2.15. The number of benzene rings is 3. The van der Waals surface area contributed by atoms with Crippen molar-refractivity contribution in [3.05, 3.63) is 99.4 Å². The molecule has 0 bridgehead atoms. The lowest BCUT2D eigenvalue weighted by Crippen LogP contribution is -2.32. The molecule has 3 aromatic rings. The molecule has 1 aliphatic rings. The number of nitrogens with zero attached hydrogens (tertiary/aromatic N) is 1.